The summed E-state index contributed by atoms with van der Waals surface area (Å²) >= 11 is 0. The van der Waals surface area contributed by atoms with Crippen molar-refractivity contribution in [1.82, 2.24) is 0 Å². The Morgan fingerprint density at radius 1 is 0.676 bits per heavy atom. The summed E-state index contributed by atoms with van der Waals surface area (Å²) in [5.41, 5.74) is -4.70. The highest BCUT2D eigenvalue weighted by Crippen LogP contribution is 2.60. The van der Waals surface area contributed by atoms with Crippen molar-refractivity contribution in [3.05, 3.63) is 100 Å². The molecule has 0 aliphatic heterocycles. The first-order chi connectivity index (χ1) is 17.5. The molecule has 0 aromatic heterocycles. The van der Waals surface area contributed by atoms with Gasteiger partial charge in [0.2, 0.25) is 0 Å². The van der Waals surface area contributed by atoms with Gasteiger partial charge < -0.3 is 4.74 Å². The number of fused-ring (bicyclic) bond motifs is 3. The Bertz CT molecular complexity index is 1360. The second kappa shape index (κ2) is 9.84. The minimum Gasteiger partial charge on any atom is -0.491 e. The number of ether oxygens (including phenoxy) is 1. The first-order valence-electron chi connectivity index (χ1n) is 11.6. The predicted molar refractivity (Wildman–Crippen MR) is 123 cm³/mol. The lowest BCUT2D eigenvalue weighted by Crippen LogP contribution is -2.41. The summed E-state index contributed by atoms with van der Waals surface area (Å²) in [5.74, 6) is -16.3. The molecule has 0 unspecified atom stereocenters. The lowest BCUT2D eigenvalue weighted by atomic mass is 9.78. The molecular formula is C28H22F8O. The summed E-state index contributed by atoms with van der Waals surface area (Å²) in [5, 5.41) is 0. The van der Waals surface area contributed by atoms with E-state index in [2.05, 4.69) is 6.58 Å². The van der Waals surface area contributed by atoms with E-state index in [1.54, 1.807) is 6.08 Å². The fourth-order valence-electron chi connectivity index (χ4n) is 4.56. The molecule has 1 aliphatic rings. The number of allylic oxidation sites excluding steroid dienone is 1. The van der Waals surface area contributed by atoms with Gasteiger partial charge in [-0.05, 0) is 72.6 Å². The van der Waals surface area contributed by atoms with Crippen LogP contribution in [-0.2, 0) is 31.1 Å². The summed E-state index contributed by atoms with van der Waals surface area (Å²) in [7, 11) is 0. The third-order valence-corrected chi connectivity index (χ3v) is 6.46. The molecule has 3 aromatic carbocycles. The Hall–Kier alpha value is -3.36. The zero-order chi connectivity index (χ0) is 27.1. The zero-order valence-corrected chi connectivity index (χ0v) is 19.7. The number of rotatable bonds is 8. The van der Waals surface area contributed by atoms with Crippen LogP contribution in [0.25, 0.3) is 11.1 Å². The van der Waals surface area contributed by atoms with Crippen LogP contribution in [0.3, 0.4) is 0 Å². The van der Waals surface area contributed by atoms with Crippen LogP contribution in [0, 0.1) is 23.3 Å². The number of benzene rings is 3. The zero-order valence-electron chi connectivity index (χ0n) is 19.7. The SMILES string of the molecule is C=CCCc1ccc(CCc2ccc3c(c2F)C(F)(F)C(F)(F)c2c-3ccc(OCC)c2F)c(F)c1F. The Morgan fingerprint density at radius 2 is 1.14 bits per heavy atom. The summed E-state index contributed by atoms with van der Waals surface area (Å²) < 4.78 is 124. The van der Waals surface area contributed by atoms with Gasteiger partial charge in [0.15, 0.2) is 23.2 Å². The van der Waals surface area contributed by atoms with Crippen LogP contribution >= 0.6 is 0 Å². The number of hydrogen-bond acceptors (Lipinski definition) is 1. The molecule has 0 bridgehead atoms. The number of halogens is 8. The van der Waals surface area contributed by atoms with E-state index in [0.717, 1.165) is 24.3 Å². The van der Waals surface area contributed by atoms with Gasteiger partial charge in [-0.15, -0.1) is 6.58 Å². The molecule has 37 heavy (non-hydrogen) atoms. The molecule has 0 atom stereocenters. The van der Waals surface area contributed by atoms with Gasteiger partial charge in [-0.2, -0.15) is 17.6 Å². The maximum Gasteiger partial charge on any atom is 0.343 e. The van der Waals surface area contributed by atoms with Crippen LogP contribution in [0.5, 0.6) is 5.75 Å². The molecule has 3 aromatic rings. The third-order valence-electron chi connectivity index (χ3n) is 6.46. The largest absolute Gasteiger partial charge is 0.491 e. The Balaban J connectivity index is 1.74. The molecule has 0 amide bonds. The van der Waals surface area contributed by atoms with Gasteiger partial charge in [-0.25, -0.2) is 17.6 Å². The molecular weight excluding hydrogens is 504 g/mol. The average molecular weight is 526 g/mol. The van der Waals surface area contributed by atoms with E-state index in [1.165, 1.54) is 19.1 Å². The molecule has 1 aliphatic carbocycles. The van der Waals surface area contributed by atoms with Gasteiger partial charge >= 0.3 is 11.8 Å². The molecule has 0 saturated heterocycles. The summed E-state index contributed by atoms with van der Waals surface area (Å²) in [6, 6.07) is 6.78. The van der Waals surface area contributed by atoms with E-state index in [4.69, 9.17) is 4.74 Å². The lowest BCUT2D eigenvalue weighted by Gasteiger charge is -2.35. The van der Waals surface area contributed by atoms with Crippen molar-refractivity contribution in [3.8, 4) is 16.9 Å². The topological polar surface area (TPSA) is 9.23 Å². The van der Waals surface area contributed by atoms with Gasteiger partial charge in [-0.3, -0.25) is 0 Å². The second-order valence-corrected chi connectivity index (χ2v) is 8.68. The monoisotopic (exact) mass is 526 g/mol. The van der Waals surface area contributed by atoms with Crippen molar-refractivity contribution >= 4 is 0 Å². The number of alkyl halides is 4. The second-order valence-electron chi connectivity index (χ2n) is 8.68. The Kier molecular flexibility index (Phi) is 7.10. The molecule has 9 heteroatoms. The first-order valence-corrected chi connectivity index (χ1v) is 11.6. The standard InChI is InChI=1S/C28H22F8O/c1-3-5-6-15-7-9-17(25(31)24(15)30)10-8-16-11-12-18-19-13-14-20(37-4-2)26(32)22(19)28(35,36)27(33,34)21(18)23(16)29/h3,7,9,11-14H,1,4-6,8,10H2,2H3. The van der Waals surface area contributed by atoms with E-state index in [0.29, 0.717) is 6.42 Å². The van der Waals surface area contributed by atoms with Gasteiger partial charge in [0, 0.05) is 0 Å². The normalized spacial score (nSPS) is 15.2. The van der Waals surface area contributed by atoms with E-state index < -0.39 is 63.1 Å². The fourth-order valence-corrected chi connectivity index (χ4v) is 4.56. The lowest BCUT2D eigenvalue weighted by molar-refractivity contribution is -0.228. The maximum atomic E-state index is 15.4. The van der Waals surface area contributed by atoms with Gasteiger partial charge in [-0.1, -0.05) is 30.3 Å². The fraction of sp³-hybridized carbons (Fsp3) is 0.286. The molecule has 196 valence electrons. The van der Waals surface area contributed by atoms with Crippen molar-refractivity contribution in [3.63, 3.8) is 0 Å². The molecule has 1 nitrogen and oxygen atoms in total. The van der Waals surface area contributed by atoms with E-state index in [1.807, 2.05) is 0 Å². The van der Waals surface area contributed by atoms with Crippen LogP contribution in [0.15, 0.2) is 49.1 Å². The predicted octanol–water partition coefficient (Wildman–Crippen LogP) is 8.41. The maximum absolute atomic E-state index is 15.4. The third kappa shape index (κ3) is 4.28. The van der Waals surface area contributed by atoms with Crippen molar-refractivity contribution < 1.29 is 39.9 Å². The summed E-state index contributed by atoms with van der Waals surface area (Å²) in [6.07, 6.45) is 1.56. The molecule has 0 radical (unpaired) electrons. The van der Waals surface area contributed by atoms with Gasteiger partial charge in [0.05, 0.1) is 17.7 Å². The molecule has 0 fully saturated rings. The quantitative estimate of drug-likeness (QED) is 0.212. The summed E-state index contributed by atoms with van der Waals surface area (Å²) in [6.45, 7) is 4.90. The molecule has 4 rings (SSSR count). The number of aryl methyl sites for hydroxylation is 3. The highest BCUT2D eigenvalue weighted by Gasteiger charge is 2.65. The minimum atomic E-state index is -5.09. The van der Waals surface area contributed by atoms with Crippen molar-refractivity contribution in [2.24, 2.45) is 0 Å². The number of hydrogen-bond donors (Lipinski definition) is 0. The van der Waals surface area contributed by atoms with Crippen LogP contribution in [-0.4, -0.2) is 6.61 Å². The summed E-state index contributed by atoms with van der Waals surface area (Å²) in [4.78, 5) is 0. The van der Waals surface area contributed by atoms with Crippen LogP contribution < -0.4 is 4.74 Å². The van der Waals surface area contributed by atoms with Crippen LogP contribution in [0.2, 0.25) is 0 Å². The van der Waals surface area contributed by atoms with Gasteiger partial charge in [0.1, 0.15) is 5.82 Å². The Morgan fingerprint density at radius 3 is 1.68 bits per heavy atom. The van der Waals surface area contributed by atoms with Crippen molar-refractivity contribution in [1.29, 1.82) is 0 Å². The van der Waals surface area contributed by atoms with E-state index in [-0.39, 0.29) is 42.6 Å². The minimum absolute atomic E-state index is 0.0890. The Labute approximate surface area is 208 Å². The molecule has 0 spiro atoms. The van der Waals surface area contributed by atoms with E-state index >= 15 is 22.0 Å². The molecule has 0 saturated carbocycles. The average Bonchev–Trinajstić information content (AvgIpc) is 2.85. The molecule has 0 N–H and O–H groups in total. The molecule has 0 heterocycles. The van der Waals surface area contributed by atoms with E-state index in [9.17, 15) is 13.2 Å². The van der Waals surface area contributed by atoms with Crippen molar-refractivity contribution in [2.75, 3.05) is 6.61 Å². The van der Waals surface area contributed by atoms with Crippen molar-refractivity contribution in [2.45, 2.75) is 44.5 Å². The van der Waals surface area contributed by atoms with Gasteiger partial charge in [0.25, 0.3) is 0 Å². The van der Waals surface area contributed by atoms with Crippen LogP contribution in [0.4, 0.5) is 35.1 Å². The first kappa shape index (κ1) is 26.7. The highest BCUT2D eigenvalue weighted by atomic mass is 19.3. The smallest absolute Gasteiger partial charge is 0.343 e. The highest BCUT2D eigenvalue weighted by molar-refractivity contribution is 5.77. The van der Waals surface area contributed by atoms with Crippen LogP contribution in [0.1, 0.15) is 41.2 Å².